The molecule has 2 aliphatic heterocycles. The first-order chi connectivity index (χ1) is 33.8. The molecule has 0 aromatic heterocycles. The van der Waals surface area contributed by atoms with Crippen LogP contribution in [0.5, 0.6) is 0 Å². The van der Waals surface area contributed by atoms with Gasteiger partial charge in [0.15, 0.2) is 17.5 Å². The lowest BCUT2D eigenvalue weighted by atomic mass is 9.83. The smallest absolute Gasteiger partial charge is 0.407 e. The lowest BCUT2D eigenvalue weighted by molar-refractivity contribution is -0.387. The quantitative estimate of drug-likeness (QED) is 0.0389. The third kappa shape index (κ3) is 20.4. The Hall–Kier alpha value is -4.89. The van der Waals surface area contributed by atoms with Crippen molar-refractivity contribution in [2.24, 2.45) is 0 Å². The van der Waals surface area contributed by atoms with E-state index in [0.717, 1.165) is 16.4 Å². The number of nitro benzene ring substituents is 1. The van der Waals surface area contributed by atoms with Crippen LogP contribution in [-0.2, 0) is 48.0 Å². The first-order valence-corrected chi connectivity index (χ1v) is 26.1. The van der Waals surface area contributed by atoms with Crippen LogP contribution in [0, 0.1) is 10.1 Å². The number of hydrogen-bond acceptors (Lipinski definition) is 18. The summed E-state index contributed by atoms with van der Waals surface area (Å²) in [6.45, 7) is 16.4. The number of benzene rings is 1. The number of unbranched alkanes of at least 4 members (excludes halogenated alkanes) is 2. The number of carbonyl (C=O) groups excluding carboxylic acids is 4. The fourth-order valence-corrected chi connectivity index (χ4v) is 9.74. The maximum atomic E-state index is 14.3. The lowest BCUT2D eigenvalue weighted by Crippen LogP contribution is -2.67. The summed E-state index contributed by atoms with van der Waals surface area (Å²) in [5, 5.41) is 56.8. The van der Waals surface area contributed by atoms with Crippen LogP contribution in [0.15, 0.2) is 41.0 Å². The molecule has 73 heavy (non-hydrogen) atoms. The monoisotopic (exact) mass is 1060 g/mol. The number of amides is 4. The zero-order chi connectivity index (χ0) is 54.5. The van der Waals surface area contributed by atoms with Gasteiger partial charge in [0, 0.05) is 45.0 Å². The predicted molar refractivity (Wildman–Crippen MR) is 262 cm³/mol. The van der Waals surface area contributed by atoms with E-state index in [-0.39, 0.29) is 83.5 Å². The number of aliphatic hydroxyl groups excluding tert-OH is 2. The molecule has 3 aliphatic rings. The molecule has 9 atom stereocenters. The summed E-state index contributed by atoms with van der Waals surface area (Å²) in [4.78, 5) is 62.0. The van der Waals surface area contributed by atoms with E-state index in [9.17, 15) is 53.0 Å². The van der Waals surface area contributed by atoms with Crippen molar-refractivity contribution in [1.29, 1.82) is 0 Å². The first-order valence-electron chi connectivity index (χ1n) is 24.7. The molecule has 1 saturated heterocycles. The molecule has 0 radical (unpaired) electrons. The van der Waals surface area contributed by atoms with Crippen LogP contribution in [0.1, 0.15) is 127 Å². The number of aliphatic hydroxyl groups is 3. The zero-order valence-corrected chi connectivity index (χ0v) is 44.5. The molecule has 0 bridgehead atoms. The second-order valence-electron chi connectivity index (χ2n) is 21.7. The Morgan fingerprint density at radius 3 is 2.01 bits per heavy atom. The normalized spacial score (nSPS) is 25.9. The summed E-state index contributed by atoms with van der Waals surface area (Å²) in [5.74, 6) is -0.389. The van der Waals surface area contributed by atoms with Gasteiger partial charge in [-0.25, -0.2) is 22.8 Å². The Labute approximate surface area is 427 Å². The van der Waals surface area contributed by atoms with E-state index in [2.05, 4.69) is 21.3 Å². The van der Waals surface area contributed by atoms with E-state index in [4.69, 9.17) is 33.2 Å². The highest BCUT2D eigenvalue weighted by molar-refractivity contribution is 7.89. The third-order valence-corrected chi connectivity index (χ3v) is 13.1. The fraction of sp³-hybridized carbons (Fsp3) is 0.750. The molecule has 414 valence electrons. The van der Waals surface area contributed by atoms with Crippen LogP contribution in [0.2, 0.25) is 0 Å². The summed E-state index contributed by atoms with van der Waals surface area (Å²) >= 11 is 0. The summed E-state index contributed by atoms with van der Waals surface area (Å²) in [7, 11) is -4.55. The number of rotatable bonds is 21. The van der Waals surface area contributed by atoms with Crippen molar-refractivity contribution in [3.05, 3.63) is 46.2 Å². The highest BCUT2D eigenvalue weighted by Crippen LogP contribution is 2.34. The summed E-state index contributed by atoms with van der Waals surface area (Å²) in [5.41, 5.74) is -4.40. The molecule has 2 heterocycles. The molecule has 2 fully saturated rings. The van der Waals surface area contributed by atoms with Gasteiger partial charge in [-0.3, -0.25) is 14.9 Å². The molecule has 4 amide bonds. The molecule has 24 nitrogen and oxygen atoms in total. The van der Waals surface area contributed by atoms with Gasteiger partial charge in [0.2, 0.25) is 15.9 Å². The van der Waals surface area contributed by atoms with Crippen molar-refractivity contribution in [3.63, 3.8) is 0 Å². The van der Waals surface area contributed by atoms with Crippen LogP contribution in [0.3, 0.4) is 0 Å². The highest BCUT2D eigenvalue weighted by atomic mass is 32.2. The number of nitrogens with one attached hydrogen (secondary N) is 4. The van der Waals surface area contributed by atoms with Gasteiger partial charge in [0.25, 0.3) is 5.69 Å². The van der Waals surface area contributed by atoms with Crippen LogP contribution >= 0.6 is 0 Å². The topological polar surface area (TPSA) is 322 Å². The molecule has 1 aromatic rings. The van der Waals surface area contributed by atoms with Crippen molar-refractivity contribution >= 4 is 39.9 Å². The Morgan fingerprint density at radius 2 is 1.41 bits per heavy atom. The van der Waals surface area contributed by atoms with Crippen molar-refractivity contribution in [2.75, 3.05) is 32.8 Å². The van der Waals surface area contributed by atoms with Crippen LogP contribution < -0.4 is 21.3 Å². The molecule has 1 aromatic carbocycles. The summed E-state index contributed by atoms with van der Waals surface area (Å²) < 4.78 is 70.5. The van der Waals surface area contributed by atoms with Crippen LogP contribution in [0.4, 0.5) is 20.1 Å². The zero-order valence-electron chi connectivity index (χ0n) is 43.7. The minimum Gasteiger partial charge on any atom is -0.468 e. The van der Waals surface area contributed by atoms with Gasteiger partial charge in [-0.2, -0.15) is 4.31 Å². The Morgan fingerprint density at radius 1 is 0.836 bits per heavy atom. The van der Waals surface area contributed by atoms with Gasteiger partial charge in [-0.05, 0) is 113 Å². The molecule has 1 aliphatic carbocycles. The van der Waals surface area contributed by atoms with E-state index in [1.165, 1.54) is 19.1 Å². The standard InChI is InChI=1S/C48H78N6O18S/c1-45(2,3)70-42(58)49-23-14-11-15-25-53(73(64,65)35-20-13-12-19-33(35)54(62)63)28-30-18-16-22-37(67-30)68-39-32(52-44(60)72-47(7,8)9)26-31(51-36(56)21-17-24-50-43(59)71-46(4,5)6)40(38(39)57)69-41-34(55)27-48(10,61)29-66-41/h12-13,18-20,31-32,34,37-41,55,57,61H,11,14-17,21-29H2,1-10H3,(H,49,58)(H,50,59)(H,51,56)(H,52,60)/t31-,32+,34-,37-,38+,39-,40+,41-,48-/m1/s1. The number of hydrogen-bond donors (Lipinski definition) is 7. The highest BCUT2D eigenvalue weighted by Gasteiger charge is 2.51. The largest absolute Gasteiger partial charge is 0.468 e. The first kappa shape index (κ1) is 60.7. The number of carbonyl (C=O) groups is 4. The number of alkyl carbamates (subject to hydrolysis) is 3. The van der Waals surface area contributed by atoms with Gasteiger partial charge in [0.1, 0.15) is 47.0 Å². The van der Waals surface area contributed by atoms with Crippen molar-refractivity contribution in [1.82, 2.24) is 25.6 Å². The van der Waals surface area contributed by atoms with E-state index in [0.29, 0.717) is 12.8 Å². The maximum absolute atomic E-state index is 14.3. The van der Waals surface area contributed by atoms with Crippen LogP contribution in [0.25, 0.3) is 0 Å². The van der Waals surface area contributed by atoms with Gasteiger partial charge >= 0.3 is 18.3 Å². The number of ether oxygens (including phenoxy) is 7. The van der Waals surface area contributed by atoms with Crippen molar-refractivity contribution < 1.29 is 81.0 Å². The van der Waals surface area contributed by atoms with Crippen molar-refractivity contribution in [3.8, 4) is 0 Å². The van der Waals surface area contributed by atoms with Gasteiger partial charge in [-0.15, -0.1) is 0 Å². The second-order valence-corrected chi connectivity index (χ2v) is 23.6. The molecule has 0 spiro atoms. The Bertz CT molecular complexity index is 2170. The van der Waals surface area contributed by atoms with E-state index >= 15 is 0 Å². The van der Waals surface area contributed by atoms with E-state index < -0.39 is 121 Å². The minimum atomic E-state index is -4.55. The summed E-state index contributed by atoms with van der Waals surface area (Å²) in [6.07, 6.45) is -7.42. The number of nitro groups is 1. The van der Waals surface area contributed by atoms with Gasteiger partial charge < -0.3 is 69.7 Å². The Kier molecular flexibility index (Phi) is 21.6. The minimum absolute atomic E-state index is 0.0920. The van der Waals surface area contributed by atoms with E-state index in [1.54, 1.807) is 68.4 Å². The van der Waals surface area contributed by atoms with Crippen molar-refractivity contribution in [2.45, 2.75) is 203 Å². The summed E-state index contributed by atoms with van der Waals surface area (Å²) in [6, 6.07) is 2.79. The third-order valence-electron chi connectivity index (χ3n) is 11.2. The fourth-order valence-electron chi connectivity index (χ4n) is 8.14. The predicted octanol–water partition coefficient (Wildman–Crippen LogP) is 4.38. The van der Waals surface area contributed by atoms with E-state index in [1.807, 2.05) is 0 Å². The van der Waals surface area contributed by atoms with Gasteiger partial charge in [-0.1, -0.05) is 18.6 Å². The molecule has 25 heteroatoms. The second kappa shape index (κ2) is 26.1. The molecular weight excluding hydrogens is 981 g/mol. The SMILES string of the molecule is CC(C)(C)OC(=O)NCCCCCN(CC1=CCC[C@@H](O[C@H]2[C@H](O)[C@@H](O[C@H]3OC[C@](C)(O)C[C@H]3O)[C@H](NC(=O)CCCNC(=O)OC(C)(C)C)C[C@@H]2NC(=O)OC(C)(C)C)O1)S(=O)(=O)c1ccccc1[N+](=O)[O-]. The number of sulfonamides is 1. The molecule has 1 saturated carbocycles. The Balaban J connectivity index is 1.58. The van der Waals surface area contributed by atoms with Gasteiger partial charge in [0.05, 0.1) is 35.8 Å². The number of allylic oxidation sites excluding steroid dienone is 1. The number of nitrogens with zero attached hydrogens (tertiary/aromatic N) is 2. The average molecular weight is 1060 g/mol. The maximum Gasteiger partial charge on any atom is 0.407 e. The average Bonchev–Trinajstić information content (AvgIpc) is 3.24. The molecule has 0 unspecified atom stereocenters. The molecular formula is C48H78N6O18S. The molecule has 4 rings (SSSR count). The molecule has 7 N–H and O–H groups in total. The lowest BCUT2D eigenvalue weighted by Gasteiger charge is -2.47. The van der Waals surface area contributed by atoms with Crippen LogP contribution in [-0.4, -0.2) is 161 Å². The number of para-hydroxylation sites is 1.